The molecule has 0 spiro atoms. The topological polar surface area (TPSA) is 85.5 Å². The molecule has 2 amide bonds. The molecule has 8 heteroatoms. The molecule has 0 saturated carbocycles. The first kappa shape index (κ1) is 23.1. The number of ether oxygens (including phenoxy) is 1. The van der Waals surface area contributed by atoms with Crippen molar-refractivity contribution in [3.63, 3.8) is 0 Å². The molecule has 4 aromatic rings. The lowest BCUT2D eigenvalue weighted by atomic mass is 10.1. The van der Waals surface area contributed by atoms with Crippen molar-refractivity contribution >= 4 is 22.7 Å². The van der Waals surface area contributed by atoms with Crippen molar-refractivity contribution < 1.29 is 23.1 Å². The van der Waals surface area contributed by atoms with Gasteiger partial charge in [-0.3, -0.25) is 9.59 Å². The minimum Gasteiger partial charge on any atom is -0.484 e. The Morgan fingerprint density at radius 1 is 1.06 bits per heavy atom. The van der Waals surface area contributed by atoms with Gasteiger partial charge in [0.2, 0.25) is 0 Å². The summed E-state index contributed by atoms with van der Waals surface area (Å²) in [5, 5.41) is 6.40. The molecule has 0 fully saturated rings. The molecular formula is C26H26FN3O4. The molecule has 2 heterocycles. The number of halogens is 1. The highest BCUT2D eigenvalue weighted by Gasteiger charge is 2.20. The summed E-state index contributed by atoms with van der Waals surface area (Å²) in [6.45, 7) is 5.02. The lowest BCUT2D eigenvalue weighted by Gasteiger charge is -2.09. The van der Waals surface area contributed by atoms with Gasteiger partial charge in [-0.1, -0.05) is 12.1 Å². The number of fused-ring (bicyclic) bond motifs is 1. The number of aryl methyl sites for hydroxylation is 1. The molecule has 0 atom stereocenters. The highest BCUT2D eigenvalue weighted by Crippen LogP contribution is 2.29. The van der Waals surface area contributed by atoms with Crippen LogP contribution in [0.25, 0.3) is 10.9 Å². The van der Waals surface area contributed by atoms with E-state index in [4.69, 9.17) is 9.15 Å². The Labute approximate surface area is 196 Å². The van der Waals surface area contributed by atoms with Crippen LogP contribution in [0.2, 0.25) is 0 Å². The minimum absolute atomic E-state index is 0.180. The van der Waals surface area contributed by atoms with E-state index in [1.165, 1.54) is 12.1 Å². The number of nitrogens with one attached hydrogen (secondary N) is 2. The molecule has 4 rings (SSSR count). The number of carbonyl (C=O) groups excluding carboxylic acids is 2. The van der Waals surface area contributed by atoms with E-state index in [2.05, 4.69) is 15.2 Å². The second kappa shape index (κ2) is 10.2. The van der Waals surface area contributed by atoms with Crippen LogP contribution in [0.1, 0.15) is 34.3 Å². The molecule has 176 valence electrons. The molecule has 2 N–H and O–H groups in total. The largest absolute Gasteiger partial charge is 0.484 e. The lowest BCUT2D eigenvalue weighted by Crippen LogP contribution is -2.28. The number of amides is 2. The highest BCUT2D eigenvalue weighted by atomic mass is 19.1. The summed E-state index contributed by atoms with van der Waals surface area (Å²) >= 11 is 0. The van der Waals surface area contributed by atoms with E-state index in [0.29, 0.717) is 23.6 Å². The zero-order valence-corrected chi connectivity index (χ0v) is 19.1. The van der Waals surface area contributed by atoms with Crippen LogP contribution in [0.4, 0.5) is 4.39 Å². The Morgan fingerprint density at radius 3 is 2.56 bits per heavy atom. The van der Waals surface area contributed by atoms with E-state index in [9.17, 15) is 14.0 Å². The van der Waals surface area contributed by atoms with E-state index < -0.39 is 0 Å². The molecule has 0 radical (unpaired) electrons. The standard InChI is InChI=1S/C26H26FN3O4/c1-3-30-17(2)25(26(32)29-15-21-5-4-12-33-21)22-13-20(10-11-23(22)30)34-16-24(31)28-14-18-6-8-19(27)9-7-18/h4-13H,3,14-16H2,1-2H3,(H,28,31)(H,29,32). The van der Waals surface area contributed by atoms with Gasteiger partial charge in [0.25, 0.3) is 11.8 Å². The van der Waals surface area contributed by atoms with Crippen LogP contribution in [0, 0.1) is 12.7 Å². The zero-order valence-electron chi connectivity index (χ0n) is 19.1. The molecule has 2 aromatic heterocycles. The van der Waals surface area contributed by atoms with Crippen LogP contribution in [0.3, 0.4) is 0 Å². The van der Waals surface area contributed by atoms with Crippen LogP contribution in [-0.4, -0.2) is 23.0 Å². The van der Waals surface area contributed by atoms with Gasteiger partial charge in [-0.25, -0.2) is 4.39 Å². The monoisotopic (exact) mass is 463 g/mol. The predicted octanol–water partition coefficient (Wildman–Crippen LogP) is 4.33. The quantitative estimate of drug-likeness (QED) is 0.387. The predicted molar refractivity (Wildman–Crippen MR) is 126 cm³/mol. The molecule has 0 aliphatic heterocycles. The molecule has 0 aliphatic carbocycles. The molecular weight excluding hydrogens is 437 g/mol. The normalized spacial score (nSPS) is 10.9. The molecule has 2 aromatic carbocycles. The number of carbonyl (C=O) groups is 2. The van der Waals surface area contributed by atoms with Crippen molar-refractivity contribution in [2.45, 2.75) is 33.5 Å². The first-order valence-corrected chi connectivity index (χ1v) is 11.0. The number of hydrogen-bond donors (Lipinski definition) is 2. The first-order valence-electron chi connectivity index (χ1n) is 11.0. The molecule has 0 aliphatic rings. The first-order chi connectivity index (χ1) is 16.5. The van der Waals surface area contributed by atoms with Crippen molar-refractivity contribution in [3.05, 3.63) is 89.3 Å². The van der Waals surface area contributed by atoms with Gasteiger partial charge < -0.3 is 24.4 Å². The Morgan fingerprint density at radius 2 is 1.85 bits per heavy atom. The fourth-order valence-corrected chi connectivity index (χ4v) is 3.92. The lowest BCUT2D eigenvalue weighted by molar-refractivity contribution is -0.123. The van der Waals surface area contributed by atoms with Crippen molar-refractivity contribution in [2.24, 2.45) is 0 Å². The zero-order chi connectivity index (χ0) is 24.1. The number of furan rings is 1. The van der Waals surface area contributed by atoms with Gasteiger partial charge in [0, 0.05) is 29.7 Å². The average molecular weight is 464 g/mol. The second-order valence-corrected chi connectivity index (χ2v) is 7.84. The fourth-order valence-electron chi connectivity index (χ4n) is 3.92. The molecule has 0 unspecified atom stereocenters. The van der Waals surface area contributed by atoms with E-state index in [0.717, 1.165) is 22.2 Å². The van der Waals surface area contributed by atoms with Crippen molar-refractivity contribution in [2.75, 3.05) is 6.61 Å². The van der Waals surface area contributed by atoms with Crippen molar-refractivity contribution in [3.8, 4) is 5.75 Å². The number of benzene rings is 2. The summed E-state index contributed by atoms with van der Waals surface area (Å²) < 4.78 is 26.1. The van der Waals surface area contributed by atoms with Crippen LogP contribution >= 0.6 is 0 Å². The van der Waals surface area contributed by atoms with Gasteiger partial charge in [0.05, 0.1) is 18.4 Å². The van der Waals surface area contributed by atoms with E-state index in [-0.39, 0.29) is 37.3 Å². The highest BCUT2D eigenvalue weighted by molar-refractivity contribution is 6.08. The minimum atomic E-state index is -0.324. The number of rotatable bonds is 9. The van der Waals surface area contributed by atoms with E-state index in [1.54, 1.807) is 42.7 Å². The SMILES string of the molecule is CCn1c(C)c(C(=O)NCc2ccco2)c2cc(OCC(=O)NCc3ccc(F)cc3)ccc21. The second-order valence-electron chi connectivity index (χ2n) is 7.84. The molecule has 34 heavy (non-hydrogen) atoms. The third-order valence-corrected chi connectivity index (χ3v) is 5.61. The van der Waals surface area contributed by atoms with E-state index in [1.807, 2.05) is 19.9 Å². The van der Waals surface area contributed by atoms with Crippen molar-refractivity contribution in [1.29, 1.82) is 0 Å². The third kappa shape index (κ3) is 5.11. The van der Waals surface area contributed by atoms with Gasteiger partial charge in [-0.05, 0) is 61.9 Å². The summed E-state index contributed by atoms with van der Waals surface area (Å²) in [4.78, 5) is 25.2. The van der Waals surface area contributed by atoms with Crippen molar-refractivity contribution in [1.82, 2.24) is 15.2 Å². The molecule has 0 bridgehead atoms. The summed E-state index contributed by atoms with van der Waals surface area (Å²) in [5.41, 5.74) is 3.12. The van der Waals surface area contributed by atoms with Gasteiger partial charge in [0.1, 0.15) is 17.3 Å². The maximum atomic E-state index is 13.0. The summed E-state index contributed by atoms with van der Waals surface area (Å²) in [7, 11) is 0. The summed E-state index contributed by atoms with van der Waals surface area (Å²) in [5.74, 6) is 0.317. The van der Waals surface area contributed by atoms with Gasteiger partial charge >= 0.3 is 0 Å². The Hall–Kier alpha value is -4.07. The number of nitrogens with zero attached hydrogens (tertiary/aromatic N) is 1. The fraction of sp³-hybridized carbons (Fsp3) is 0.231. The Bertz CT molecular complexity index is 1290. The third-order valence-electron chi connectivity index (χ3n) is 5.61. The van der Waals surface area contributed by atoms with Crippen LogP contribution < -0.4 is 15.4 Å². The molecule has 7 nitrogen and oxygen atoms in total. The van der Waals surface area contributed by atoms with E-state index >= 15 is 0 Å². The van der Waals surface area contributed by atoms with Gasteiger partial charge in [0.15, 0.2) is 6.61 Å². The van der Waals surface area contributed by atoms with Crippen LogP contribution in [0.15, 0.2) is 65.3 Å². The Balaban J connectivity index is 1.46. The summed E-state index contributed by atoms with van der Waals surface area (Å²) in [6.07, 6.45) is 1.56. The van der Waals surface area contributed by atoms with Gasteiger partial charge in [-0.15, -0.1) is 0 Å². The van der Waals surface area contributed by atoms with Crippen LogP contribution in [-0.2, 0) is 24.4 Å². The number of hydrogen-bond acceptors (Lipinski definition) is 4. The molecule has 0 saturated heterocycles. The maximum Gasteiger partial charge on any atom is 0.258 e. The van der Waals surface area contributed by atoms with Gasteiger partial charge in [-0.2, -0.15) is 0 Å². The maximum absolute atomic E-state index is 13.0. The average Bonchev–Trinajstić information content (AvgIpc) is 3.45. The Kier molecular flexibility index (Phi) is 6.96. The number of aromatic nitrogens is 1. The smallest absolute Gasteiger partial charge is 0.258 e. The summed E-state index contributed by atoms with van der Waals surface area (Å²) in [6, 6.07) is 15.0. The van der Waals surface area contributed by atoms with Crippen LogP contribution in [0.5, 0.6) is 5.75 Å².